The molecule has 5 heteroatoms. The molecule has 102 valence electrons. The van der Waals surface area contributed by atoms with E-state index >= 15 is 0 Å². The highest BCUT2D eigenvalue weighted by Gasteiger charge is 2.12. The van der Waals surface area contributed by atoms with Gasteiger partial charge >= 0.3 is 0 Å². The Bertz CT molecular complexity index is 539. The first-order chi connectivity index (χ1) is 9.20. The van der Waals surface area contributed by atoms with Crippen molar-refractivity contribution in [2.75, 3.05) is 13.1 Å². The van der Waals surface area contributed by atoms with E-state index in [0.29, 0.717) is 17.9 Å². The van der Waals surface area contributed by atoms with Crippen molar-refractivity contribution in [2.45, 2.75) is 26.7 Å². The van der Waals surface area contributed by atoms with Gasteiger partial charge in [-0.3, -0.25) is 0 Å². The third-order valence-electron chi connectivity index (χ3n) is 2.82. The third-order valence-corrected chi connectivity index (χ3v) is 2.82. The number of hydrogen-bond donors (Lipinski definition) is 1. The predicted molar refractivity (Wildman–Crippen MR) is 71.3 cm³/mol. The second-order valence-corrected chi connectivity index (χ2v) is 4.44. The van der Waals surface area contributed by atoms with Crippen LogP contribution in [0.4, 0.5) is 4.39 Å². The number of nitrogens with zero attached hydrogens (tertiary/aromatic N) is 2. The van der Waals surface area contributed by atoms with Crippen LogP contribution in [0.25, 0.3) is 11.5 Å². The van der Waals surface area contributed by atoms with Crippen molar-refractivity contribution < 1.29 is 8.81 Å². The Balaban J connectivity index is 2.04. The molecule has 0 aliphatic carbocycles. The maximum atomic E-state index is 13.8. The lowest BCUT2D eigenvalue weighted by molar-refractivity contribution is 0.489. The van der Waals surface area contributed by atoms with E-state index in [4.69, 9.17) is 4.42 Å². The molecule has 0 aliphatic heterocycles. The average molecular weight is 263 g/mol. The number of aryl methyl sites for hydroxylation is 2. The van der Waals surface area contributed by atoms with Gasteiger partial charge in [0.15, 0.2) is 0 Å². The highest BCUT2D eigenvalue weighted by molar-refractivity contribution is 5.54. The maximum Gasteiger partial charge on any atom is 0.250 e. The highest BCUT2D eigenvalue weighted by Crippen LogP contribution is 2.22. The van der Waals surface area contributed by atoms with E-state index < -0.39 is 0 Å². The fourth-order valence-corrected chi connectivity index (χ4v) is 1.80. The molecular weight excluding hydrogens is 245 g/mol. The first-order valence-electron chi connectivity index (χ1n) is 6.50. The number of aromatic nitrogens is 2. The van der Waals surface area contributed by atoms with Crippen molar-refractivity contribution in [3.8, 4) is 11.5 Å². The van der Waals surface area contributed by atoms with Crippen LogP contribution in [0.15, 0.2) is 22.6 Å². The Morgan fingerprint density at radius 1 is 1.32 bits per heavy atom. The van der Waals surface area contributed by atoms with Gasteiger partial charge in [0, 0.05) is 6.42 Å². The SMILES string of the molecule is CCNCCCc1nnc(-c2ccc(C)cc2F)o1. The summed E-state index contributed by atoms with van der Waals surface area (Å²) in [5, 5.41) is 11.1. The maximum absolute atomic E-state index is 13.8. The number of hydrogen-bond acceptors (Lipinski definition) is 4. The van der Waals surface area contributed by atoms with Crippen LogP contribution in [0, 0.1) is 12.7 Å². The Kier molecular flexibility index (Phi) is 4.63. The van der Waals surface area contributed by atoms with Crippen LogP contribution in [0.3, 0.4) is 0 Å². The fraction of sp³-hybridized carbons (Fsp3) is 0.429. The predicted octanol–water partition coefficient (Wildman–Crippen LogP) is 2.73. The molecule has 1 heterocycles. The molecule has 0 saturated carbocycles. The lowest BCUT2D eigenvalue weighted by Gasteiger charge is -1.99. The Morgan fingerprint density at radius 2 is 2.16 bits per heavy atom. The zero-order valence-electron chi connectivity index (χ0n) is 11.2. The smallest absolute Gasteiger partial charge is 0.250 e. The summed E-state index contributed by atoms with van der Waals surface area (Å²) < 4.78 is 19.2. The van der Waals surface area contributed by atoms with E-state index in [1.54, 1.807) is 6.07 Å². The quantitative estimate of drug-likeness (QED) is 0.814. The molecule has 0 radical (unpaired) electrons. The van der Waals surface area contributed by atoms with E-state index in [1.807, 2.05) is 13.0 Å². The molecule has 2 aromatic rings. The minimum atomic E-state index is -0.331. The Hall–Kier alpha value is -1.75. The Morgan fingerprint density at radius 3 is 2.89 bits per heavy atom. The summed E-state index contributed by atoms with van der Waals surface area (Å²) in [5.41, 5.74) is 1.22. The molecule has 0 fully saturated rings. The number of rotatable bonds is 6. The van der Waals surface area contributed by atoms with Gasteiger partial charge in [-0.25, -0.2) is 4.39 Å². The number of nitrogens with one attached hydrogen (secondary N) is 1. The van der Waals surface area contributed by atoms with Crippen LogP contribution in [-0.2, 0) is 6.42 Å². The molecule has 0 bridgehead atoms. The lowest BCUT2D eigenvalue weighted by Crippen LogP contribution is -2.14. The molecule has 2 rings (SSSR count). The molecule has 0 atom stereocenters. The number of halogens is 1. The average Bonchev–Trinajstić information content (AvgIpc) is 2.83. The number of benzene rings is 1. The fourth-order valence-electron chi connectivity index (χ4n) is 1.80. The van der Waals surface area contributed by atoms with Gasteiger partial charge in [-0.2, -0.15) is 0 Å². The summed E-state index contributed by atoms with van der Waals surface area (Å²) in [7, 11) is 0. The van der Waals surface area contributed by atoms with Crippen molar-refractivity contribution in [2.24, 2.45) is 0 Å². The molecule has 1 aromatic carbocycles. The molecule has 0 saturated heterocycles. The van der Waals surface area contributed by atoms with Crippen LogP contribution in [-0.4, -0.2) is 23.3 Å². The molecule has 0 unspecified atom stereocenters. The van der Waals surface area contributed by atoms with Gasteiger partial charge in [-0.15, -0.1) is 10.2 Å². The largest absolute Gasteiger partial charge is 0.421 e. The van der Waals surface area contributed by atoms with Crippen LogP contribution in [0.5, 0.6) is 0 Å². The minimum Gasteiger partial charge on any atom is -0.421 e. The van der Waals surface area contributed by atoms with Crippen molar-refractivity contribution in [1.82, 2.24) is 15.5 Å². The molecule has 1 aromatic heterocycles. The summed E-state index contributed by atoms with van der Waals surface area (Å²) >= 11 is 0. The van der Waals surface area contributed by atoms with Gasteiger partial charge in [0.25, 0.3) is 5.89 Å². The van der Waals surface area contributed by atoms with Gasteiger partial charge in [-0.1, -0.05) is 13.0 Å². The molecule has 0 aliphatic rings. The monoisotopic (exact) mass is 263 g/mol. The zero-order chi connectivity index (χ0) is 13.7. The molecular formula is C14H18FN3O. The minimum absolute atomic E-state index is 0.246. The van der Waals surface area contributed by atoms with Crippen LogP contribution < -0.4 is 5.32 Å². The molecule has 0 spiro atoms. The van der Waals surface area contributed by atoms with Gasteiger partial charge < -0.3 is 9.73 Å². The van der Waals surface area contributed by atoms with E-state index in [-0.39, 0.29) is 11.7 Å². The summed E-state index contributed by atoms with van der Waals surface area (Å²) in [4.78, 5) is 0. The summed E-state index contributed by atoms with van der Waals surface area (Å²) in [5.74, 6) is 0.465. The van der Waals surface area contributed by atoms with E-state index in [2.05, 4.69) is 22.4 Å². The van der Waals surface area contributed by atoms with E-state index in [0.717, 1.165) is 25.1 Å². The normalized spacial score (nSPS) is 10.9. The van der Waals surface area contributed by atoms with Gasteiger partial charge in [0.05, 0.1) is 5.56 Å². The zero-order valence-corrected chi connectivity index (χ0v) is 11.2. The van der Waals surface area contributed by atoms with Crippen molar-refractivity contribution in [3.63, 3.8) is 0 Å². The van der Waals surface area contributed by atoms with Gasteiger partial charge in [0.1, 0.15) is 5.82 Å². The molecule has 4 nitrogen and oxygen atoms in total. The summed E-state index contributed by atoms with van der Waals surface area (Å²) in [6.07, 6.45) is 1.62. The topological polar surface area (TPSA) is 51.0 Å². The lowest BCUT2D eigenvalue weighted by atomic mass is 10.1. The van der Waals surface area contributed by atoms with Crippen molar-refractivity contribution in [1.29, 1.82) is 0 Å². The van der Waals surface area contributed by atoms with Crippen LogP contribution >= 0.6 is 0 Å². The van der Waals surface area contributed by atoms with Crippen LogP contribution in [0.1, 0.15) is 24.8 Å². The molecule has 0 amide bonds. The molecule has 19 heavy (non-hydrogen) atoms. The van der Waals surface area contributed by atoms with E-state index in [1.165, 1.54) is 6.07 Å². The summed E-state index contributed by atoms with van der Waals surface area (Å²) in [6, 6.07) is 4.96. The Labute approximate surface area is 112 Å². The second-order valence-electron chi connectivity index (χ2n) is 4.44. The highest BCUT2D eigenvalue weighted by atomic mass is 19.1. The van der Waals surface area contributed by atoms with Crippen molar-refractivity contribution in [3.05, 3.63) is 35.5 Å². The first-order valence-corrected chi connectivity index (χ1v) is 6.50. The summed E-state index contributed by atoms with van der Waals surface area (Å²) in [6.45, 7) is 5.76. The van der Waals surface area contributed by atoms with Gasteiger partial charge in [-0.05, 0) is 44.1 Å². The second kappa shape index (κ2) is 6.43. The van der Waals surface area contributed by atoms with Crippen molar-refractivity contribution >= 4 is 0 Å². The third kappa shape index (κ3) is 3.61. The standard InChI is InChI=1S/C14H18FN3O/c1-3-16-8-4-5-13-17-18-14(19-13)11-7-6-10(2)9-12(11)15/h6-7,9,16H,3-5,8H2,1-2H3. The first kappa shape index (κ1) is 13.7. The molecule has 1 N–H and O–H groups in total. The van der Waals surface area contributed by atoms with Gasteiger partial charge in [0.2, 0.25) is 5.89 Å². The van der Waals surface area contributed by atoms with E-state index in [9.17, 15) is 4.39 Å². The van der Waals surface area contributed by atoms with Crippen LogP contribution in [0.2, 0.25) is 0 Å².